The highest BCUT2D eigenvalue weighted by Gasteiger charge is 2.66. The van der Waals surface area contributed by atoms with Crippen molar-refractivity contribution in [3.05, 3.63) is 0 Å². The number of hydrogen-bond acceptors (Lipinski definition) is 13. The van der Waals surface area contributed by atoms with Crippen LogP contribution >= 0.6 is 0 Å². The number of carbonyl (C=O) groups excluding carboxylic acids is 2. The number of aldehydes is 1. The minimum absolute atomic E-state index is 0.0385. The Labute approximate surface area is 430 Å². The first kappa shape index (κ1) is 60.5. The third-order valence-corrected chi connectivity index (χ3v) is 36.8. The molecule has 70 heavy (non-hydrogen) atoms. The van der Waals surface area contributed by atoms with Gasteiger partial charge in [0.25, 0.3) is 0 Å². The molecule has 0 N–H and O–H groups in total. The van der Waals surface area contributed by atoms with Crippen LogP contribution in [0.25, 0.3) is 0 Å². The van der Waals surface area contributed by atoms with Crippen molar-refractivity contribution in [3.8, 4) is 0 Å². The van der Waals surface area contributed by atoms with Crippen LogP contribution in [0.3, 0.4) is 0 Å². The van der Waals surface area contributed by atoms with Crippen LogP contribution in [0.15, 0.2) is 0 Å². The van der Waals surface area contributed by atoms with Gasteiger partial charge in [-0.2, -0.15) is 0 Å². The van der Waals surface area contributed by atoms with E-state index in [-0.39, 0.29) is 128 Å². The maximum atomic E-state index is 12.4. The van der Waals surface area contributed by atoms with Crippen molar-refractivity contribution in [1.29, 1.82) is 0 Å². The normalized spacial score (nSPS) is 36.2. The van der Waals surface area contributed by atoms with Gasteiger partial charge in [0.15, 0.2) is 16.6 Å². The zero-order valence-corrected chi connectivity index (χ0v) is 52.7. The maximum absolute atomic E-state index is 12.4. The van der Waals surface area contributed by atoms with E-state index in [2.05, 4.69) is 165 Å². The molecule has 0 spiro atoms. The lowest BCUT2D eigenvalue weighted by Gasteiger charge is -2.58. The van der Waals surface area contributed by atoms with Crippen LogP contribution in [0, 0.1) is 11.8 Å². The molecule has 6 heterocycles. The summed E-state index contributed by atoms with van der Waals surface area (Å²) in [6.45, 7) is 54.7. The van der Waals surface area contributed by atoms with Crippen molar-refractivity contribution in [2.75, 3.05) is 20.3 Å². The summed E-state index contributed by atoms with van der Waals surface area (Å²) >= 11 is 0. The van der Waals surface area contributed by atoms with Crippen LogP contribution in [0.2, 0.25) is 56.4 Å². The van der Waals surface area contributed by atoms with Crippen molar-refractivity contribution in [3.63, 3.8) is 0 Å². The van der Waals surface area contributed by atoms with E-state index in [0.717, 1.165) is 19.1 Å². The Balaban J connectivity index is 0.000000261. The summed E-state index contributed by atoms with van der Waals surface area (Å²) in [5.74, 6) is -0.103. The minimum atomic E-state index is -2.61. The average Bonchev–Trinajstić information content (AvgIpc) is 3.20. The Morgan fingerprint density at radius 2 is 0.886 bits per heavy atom. The largest absolute Gasteiger partial charge is 0.469 e. The van der Waals surface area contributed by atoms with Gasteiger partial charge in [-0.3, -0.25) is 4.79 Å². The van der Waals surface area contributed by atoms with Gasteiger partial charge in [-0.05, 0) is 36.3 Å². The predicted molar refractivity (Wildman–Crippen MR) is 286 cm³/mol. The van der Waals surface area contributed by atoms with Gasteiger partial charge in [0.1, 0.15) is 18.5 Å². The van der Waals surface area contributed by atoms with Gasteiger partial charge in [0.05, 0.1) is 87.8 Å². The lowest BCUT2D eigenvalue weighted by atomic mass is 9.82. The third kappa shape index (κ3) is 11.9. The monoisotopic (exact) mass is 1060 g/mol. The van der Waals surface area contributed by atoms with E-state index in [0.29, 0.717) is 19.6 Å². The highest BCUT2D eigenvalue weighted by molar-refractivity contribution is 6.75. The number of ether oxygens (including phenoxy) is 5. The van der Waals surface area contributed by atoms with Crippen molar-refractivity contribution >= 4 is 46.0 Å². The third-order valence-electron chi connectivity index (χ3n) is 17.5. The van der Waals surface area contributed by atoms with Crippen LogP contribution in [-0.4, -0.2) is 140 Å². The first-order chi connectivity index (χ1) is 31.6. The molecule has 0 amide bonds. The zero-order chi connectivity index (χ0) is 53.4. The number of carbonyl (C=O) groups is 2. The second-order valence-corrected chi connectivity index (χ2v) is 48.0. The van der Waals surface area contributed by atoms with E-state index in [9.17, 15) is 9.59 Å². The van der Waals surface area contributed by atoms with Crippen LogP contribution in [-0.2, 0) is 59.8 Å². The molecule has 13 nitrogen and oxygen atoms in total. The fourth-order valence-corrected chi connectivity index (χ4v) is 24.7. The topological polar surface area (TPSA) is 136 Å². The van der Waals surface area contributed by atoms with Gasteiger partial charge < -0.3 is 55.0 Å². The first-order valence-electron chi connectivity index (χ1n) is 26.7. The van der Waals surface area contributed by atoms with E-state index in [1.165, 1.54) is 7.11 Å². The Bertz CT molecular complexity index is 1760. The average molecular weight is 1060 g/mol. The van der Waals surface area contributed by atoms with Gasteiger partial charge in [0, 0.05) is 51.3 Å². The molecule has 6 rings (SSSR count). The van der Waals surface area contributed by atoms with Crippen molar-refractivity contribution in [1.82, 2.24) is 0 Å². The predicted octanol–water partition coefficient (Wildman–Crippen LogP) is 11.9. The zero-order valence-electron chi connectivity index (χ0n) is 48.7. The Morgan fingerprint density at radius 1 is 0.543 bits per heavy atom. The fourth-order valence-electron chi connectivity index (χ4n) is 12.0. The van der Waals surface area contributed by atoms with Crippen LogP contribution < -0.4 is 0 Å². The molecule has 0 aromatic rings. The molecule has 6 aliphatic heterocycles. The molecule has 0 radical (unpaired) electrons. The molecule has 6 saturated heterocycles. The van der Waals surface area contributed by atoms with E-state index >= 15 is 0 Å². The van der Waals surface area contributed by atoms with Gasteiger partial charge in [0.2, 0.25) is 0 Å². The van der Waals surface area contributed by atoms with Gasteiger partial charge in [-0.25, -0.2) is 0 Å². The highest BCUT2D eigenvalue weighted by atomic mass is 28.4. The number of rotatable bonds is 8. The minimum Gasteiger partial charge on any atom is -0.469 e. The summed E-state index contributed by atoms with van der Waals surface area (Å²) < 4.78 is 72.7. The number of methoxy groups -OCH3 is 1. The fraction of sp³-hybridized carbons (Fsp3) is 0.962. The number of fused-ring (bicyclic) bond motifs is 4. The second kappa shape index (κ2) is 20.9. The molecule has 6 fully saturated rings. The second-order valence-electron chi connectivity index (χ2n) is 28.9. The first-order valence-corrected chi connectivity index (χ1v) is 36.1. The lowest BCUT2D eigenvalue weighted by molar-refractivity contribution is -0.273. The molecule has 14 atom stereocenters. The molecule has 0 unspecified atom stereocenters. The summed E-state index contributed by atoms with van der Waals surface area (Å²) in [6, 6.07) is 0. The summed E-state index contributed by atoms with van der Waals surface area (Å²) in [6.07, 6.45) is 1.06. The SMILES string of the molecule is COC(=O)C[C@@H]1O[C@H]2C[C@H]3O[Si](C(C)(C)C)(C(C)(C)C)OC[C@H]3O[C@H]2[C@H](C)[C@H]1O[Si](C)(C)C(C)(C)C.C[C@@H]1[C@@H](O[Si](C)(C)C(C)(C)C)[C@H](CC=O)O[C@H]2C[C@H]3O[Si](C(C)(C)C)(C(C)(C)C)OC[C@H]3O[C@@H]12. The summed E-state index contributed by atoms with van der Waals surface area (Å²) in [4.78, 5) is 24.0. The van der Waals surface area contributed by atoms with Crippen molar-refractivity contribution in [2.24, 2.45) is 11.8 Å². The molecular formula is C53H102O13Si4. The highest BCUT2D eigenvalue weighted by Crippen LogP contribution is 2.58. The lowest BCUT2D eigenvalue weighted by Crippen LogP contribution is -2.69. The Kier molecular flexibility index (Phi) is 18.0. The van der Waals surface area contributed by atoms with E-state index in [4.69, 9.17) is 50.2 Å². The summed E-state index contributed by atoms with van der Waals surface area (Å²) in [7, 11) is -7.94. The van der Waals surface area contributed by atoms with E-state index in [1.54, 1.807) is 0 Å². The van der Waals surface area contributed by atoms with Gasteiger partial charge in [-0.1, -0.05) is 138 Å². The maximum Gasteiger partial charge on any atom is 0.349 e. The van der Waals surface area contributed by atoms with Crippen molar-refractivity contribution < 1.29 is 59.8 Å². The summed E-state index contributed by atoms with van der Waals surface area (Å²) in [5, 5.41) is -0.220. The van der Waals surface area contributed by atoms with E-state index in [1.807, 2.05) is 0 Å². The van der Waals surface area contributed by atoms with Gasteiger partial charge in [-0.15, -0.1) is 0 Å². The number of esters is 1. The summed E-state index contributed by atoms with van der Waals surface area (Å²) in [5.41, 5.74) is 0. The van der Waals surface area contributed by atoms with E-state index < -0.39 is 33.8 Å². The van der Waals surface area contributed by atoms with Crippen LogP contribution in [0.4, 0.5) is 0 Å². The van der Waals surface area contributed by atoms with Gasteiger partial charge >= 0.3 is 23.1 Å². The molecule has 0 aromatic carbocycles. The van der Waals surface area contributed by atoms with Crippen molar-refractivity contribution in [2.45, 2.75) is 294 Å². The Hall–Kier alpha value is -0.392. The molecule has 17 heteroatoms. The number of hydrogen-bond donors (Lipinski definition) is 0. The standard InChI is InChI=1S/C27H52O7Si2.C26H50O6Si2/c1-17-23-19(31-20(15-22(28)29-11)24(17)34-35(12,13)25(2,3)4)14-18-21(32-23)16-30-36(33-18,26(5,6)7)27(8,9)10;1-17-22-20(29-18(13-14-27)23(17)32-33(11,12)24(2,3)4)15-19-21(30-22)16-28-34(31-19,25(5,6)7)26(8,9)10/h17-21,23-24H,14-16H2,1-13H3;14,17-23H,13,15-16H2,1-12H3/t17-,18+,19-,20-,21+,23-,24+;17-,18-,19+,20-,21+,22-,23+/m00/s1. The molecular weight excluding hydrogens is 957 g/mol. The molecule has 0 saturated carbocycles. The molecule has 6 aliphatic rings. The molecule has 408 valence electrons. The quantitative estimate of drug-likeness (QED) is 0.130. The molecule has 0 aliphatic carbocycles. The molecule has 0 bridgehead atoms. The smallest absolute Gasteiger partial charge is 0.349 e. The van der Waals surface area contributed by atoms with Crippen LogP contribution in [0.1, 0.15) is 164 Å². The Morgan fingerprint density at radius 3 is 1.20 bits per heavy atom. The van der Waals surface area contributed by atoms with Crippen LogP contribution in [0.5, 0.6) is 0 Å². The molecule has 0 aromatic heterocycles.